The maximum Gasteiger partial charge on any atom is 0.274 e. The first kappa shape index (κ1) is 16.5. The zero-order valence-electron chi connectivity index (χ0n) is 13.3. The molecule has 0 fully saturated rings. The quantitative estimate of drug-likeness (QED) is 0.794. The van der Waals surface area contributed by atoms with Crippen LogP contribution in [0.5, 0.6) is 0 Å². The van der Waals surface area contributed by atoms with Crippen molar-refractivity contribution in [3.8, 4) is 0 Å². The van der Waals surface area contributed by atoms with Crippen LogP contribution in [0.2, 0.25) is 0 Å². The lowest BCUT2D eigenvalue weighted by Crippen LogP contribution is -2.52. The number of nitrogens with zero attached hydrogens (tertiary/aromatic N) is 1. The number of carbonyl (C=O) groups is 1. The van der Waals surface area contributed by atoms with E-state index >= 15 is 0 Å². The molecule has 0 aliphatic rings. The zero-order valence-corrected chi connectivity index (χ0v) is 13.3. The third-order valence-electron chi connectivity index (χ3n) is 3.35. The first-order chi connectivity index (χ1) is 10.8. The molecule has 0 saturated heterocycles. The van der Waals surface area contributed by atoms with E-state index < -0.39 is 5.91 Å². The number of nitrogens with two attached hydrogens (primary N) is 1. The van der Waals surface area contributed by atoms with Gasteiger partial charge in [-0.05, 0) is 29.7 Å². The van der Waals surface area contributed by atoms with E-state index in [0.717, 1.165) is 0 Å². The third kappa shape index (κ3) is 3.66. The molecule has 0 spiro atoms. The molecule has 3 N–H and O–H groups in total. The van der Waals surface area contributed by atoms with Gasteiger partial charge in [0.1, 0.15) is 10.7 Å². The van der Waals surface area contributed by atoms with Gasteiger partial charge in [0, 0.05) is 12.6 Å². The van der Waals surface area contributed by atoms with E-state index in [1.807, 2.05) is 13.8 Å². The van der Waals surface area contributed by atoms with Crippen LogP contribution in [0, 0.1) is 5.92 Å². The molecule has 1 amide bonds. The lowest BCUT2D eigenvalue weighted by atomic mass is 10.1. The standard InChI is InChI=1S/C17H19N3O3/c1-10(2)7-14-16(22)19-13(17(23)20(14)3)9-11-5-4-6-12(8-11)15(18)21/h4-10H,1-3H3,(H2,18,21)(H,19,22)/b13-9-,14-7-. The smallest absolute Gasteiger partial charge is 0.274 e. The molecular weight excluding hydrogens is 294 g/mol. The van der Waals surface area contributed by atoms with E-state index in [0.29, 0.717) is 16.5 Å². The lowest BCUT2D eigenvalue weighted by Gasteiger charge is -2.01. The first-order valence-electron chi connectivity index (χ1n) is 7.22. The van der Waals surface area contributed by atoms with Gasteiger partial charge in [-0.1, -0.05) is 32.1 Å². The van der Waals surface area contributed by atoms with Crippen LogP contribution in [0.4, 0.5) is 0 Å². The molecule has 0 aliphatic carbocycles. The Labute approximate surface area is 132 Å². The normalized spacial score (nSPS) is 12.9. The summed E-state index contributed by atoms with van der Waals surface area (Å²) in [5, 5.41) is 0.480. The number of primary amides is 1. The van der Waals surface area contributed by atoms with Gasteiger partial charge in [-0.15, -0.1) is 0 Å². The molecule has 120 valence electrons. The molecule has 23 heavy (non-hydrogen) atoms. The summed E-state index contributed by atoms with van der Waals surface area (Å²) in [6.45, 7) is 3.86. The molecule has 0 atom stereocenters. The van der Waals surface area contributed by atoms with Gasteiger partial charge in [0.15, 0.2) is 0 Å². The van der Waals surface area contributed by atoms with Crippen molar-refractivity contribution in [3.63, 3.8) is 0 Å². The Morgan fingerprint density at radius 2 is 2.00 bits per heavy atom. The fraction of sp³-hybridized carbons (Fsp3) is 0.235. The number of aromatic amines is 1. The second-order valence-corrected chi connectivity index (χ2v) is 5.66. The van der Waals surface area contributed by atoms with Gasteiger partial charge >= 0.3 is 0 Å². The summed E-state index contributed by atoms with van der Waals surface area (Å²) in [4.78, 5) is 38.4. The van der Waals surface area contributed by atoms with Crippen LogP contribution in [0.3, 0.4) is 0 Å². The molecule has 6 nitrogen and oxygen atoms in total. The van der Waals surface area contributed by atoms with Gasteiger partial charge in [0.05, 0.1) is 0 Å². The van der Waals surface area contributed by atoms with Crippen molar-refractivity contribution in [2.75, 3.05) is 0 Å². The topological polar surface area (TPSA) is 97.9 Å². The van der Waals surface area contributed by atoms with Gasteiger partial charge in [-0.25, -0.2) is 0 Å². The molecule has 0 aliphatic heterocycles. The maximum atomic E-state index is 12.4. The minimum atomic E-state index is -0.552. The van der Waals surface area contributed by atoms with Crippen LogP contribution in [0.15, 0.2) is 33.9 Å². The Bertz CT molecular complexity index is 981. The predicted octanol–water partition coefficient (Wildman–Crippen LogP) is -0.562. The number of benzene rings is 1. The highest BCUT2D eigenvalue weighted by molar-refractivity contribution is 5.93. The van der Waals surface area contributed by atoms with Crippen LogP contribution in [-0.4, -0.2) is 15.5 Å². The monoisotopic (exact) mass is 313 g/mol. The minimum Gasteiger partial charge on any atom is -0.366 e. The average Bonchev–Trinajstić information content (AvgIpc) is 2.49. The highest BCUT2D eigenvalue weighted by atomic mass is 16.1. The first-order valence-corrected chi connectivity index (χ1v) is 7.22. The van der Waals surface area contributed by atoms with Gasteiger partial charge in [0.25, 0.3) is 11.1 Å². The second-order valence-electron chi connectivity index (χ2n) is 5.66. The molecule has 1 heterocycles. The van der Waals surface area contributed by atoms with Crippen molar-refractivity contribution < 1.29 is 4.79 Å². The van der Waals surface area contributed by atoms with Gasteiger partial charge in [-0.3, -0.25) is 14.4 Å². The van der Waals surface area contributed by atoms with Crippen LogP contribution in [0.1, 0.15) is 29.8 Å². The van der Waals surface area contributed by atoms with E-state index in [-0.39, 0.29) is 22.4 Å². The number of amides is 1. The number of hydrogen-bond donors (Lipinski definition) is 2. The summed E-state index contributed by atoms with van der Waals surface area (Å²) in [7, 11) is 1.56. The van der Waals surface area contributed by atoms with E-state index in [9.17, 15) is 14.4 Å². The van der Waals surface area contributed by atoms with E-state index in [1.54, 1.807) is 37.4 Å². The minimum absolute atomic E-state index is 0.142. The highest BCUT2D eigenvalue weighted by Gasteiger charge is 2.03. The molecule has 0 unspecified atom stereocenters. The van der Waals surface area contributed by atoms with Gasteiger partial charge in [0.2, 0.25) is 5.91 Å². The van der Waals surface area contributed by atoms with Gasteiger partial charge < -0.3 is 15.3 Å². The number of carbonyl (C=O) groups excluding carboxylic acids is 1. The predicted molar refractivity (Wildman–Crippen MR) is 89.4 cm³/mol. The number of aromatic nitrogens is 2. The van der Waals surface area contributed by atoms with Crippen molar-refractivity contribution in [2.45, 2.75) is 13.8 Å². The Hall–Kier alpha value is -2.89. The van der Waals surface area contributed by atoms with Crippen LogP contribution < -0.4 is 27.6 Å². The second kappa shape index (κ2) is 6.48. The Morgan fingerprint density at radius 1 is 1.30 bits per heavy atom. The summed E-state index contributed by atoms with van der Waals surface area (Å²) in [6.07, 6.45) is 3.26. The summed E-state index contributed by atoms with van der Waals surface area (Å²) in [5.41, 5.74) is 5.53. The van der Waals surface area contributed by atoms with Crippen molar-refractivity contribution in [1.82, 2.24) is 9.55 Å². The molecule has 6 heteroatoms. The summed E-state index contributed by atoms with van der Waals surface area (Å²) in [5.74, 6) is -0.410. The molecule has 0 saturated carbocycles. The SMILES string of the molecule is CC(C)/C=c1/c(=O)[nH]/c(=C\c2cccc(C(N)=O)c2)c(=O)n1C. The average molecular weight is 313 g/mol. The van der Waals surface area contributed by atoms with Crippen molar-refractivity contribution >= 4 is 18.1 Å². The number of hydrogen-bond acceptors (Lipinski definition) is 3. The molecule has 1 aromatic heterocycles. The Kier molecular flexibility index (Phi) is 4.64. The zero-order chi connectivity index (χ0) is 17.1. The van der Waals surface area contributed by atoms with Crippen LogP contribution in [-0.2, 0) is 7.05 Å². The molecule has 0 radical (unpaired) electrons. The lowest BCUT2D eigenvalue weighted by molar-refractivity contribution is 0.100. The van der Waals surface area contributed by atoms with Crippen molar-refractivity contribution in [2.24, 2.45) is 18.7 Å². The number of rotatable bonds is 3. The van der Waals surface area contributed by atoms with E-state index in [2.05, 4.69) is 4.98 Å². The van der Waals surface area contributed by atoms with E-state index in [1.165, 1.54) is 10.6 Å². The summed E-state index contributed by atoms with van der Waals surface area (Å²) >= 11 is 0. The molecule has 0 bridgehead atoms. The fourth-order valence-corrected chi connectivity index (χ4v) is 2.23. The maximum absolute atomic E-state index is 12.4. The summed E-state index contributed by atoms with van der Waals surface area (Å²) < 4.78 is 1.32. The van der Waals surface area contributed by atoms with Crippen LogP contribution in [0.25, 0.3) is 12.2 Å². The summed E-state index contributed by atoms with van der Waals surface area (Å²) in [6, 6.07) is 6.53. The largest absolute Gasteiger partial charge is 0.366 e. The fourth-order valence-electron chi connectivity index (χ4n) is 2.23. The van der Waals surface area contributed by atoms with Crippen LogP contribution >= 0.6 is 0 Å². The molecule has 1 aromatic carbocycles. The number of H-pyrrole nitrogens is 1. The van der Waals surface area contributed by atoms with Crippen molar-refractivity contribution in [1.29, 1.82) is 0 Å². The third-order valence-corrected chi connectivity index (χ3v) is 3.35. The van der Waals surface area contributed by atoms with Crippen molar-refractivity contribution in [3.05, 3.63) is 66.8 Å². The Morgan fingerprint density at radius 3 is 2.61 bits per heavy atom. The Balaban J connectivity index is 2.71. The molecular formula is C17H19N3O3. The molecule has 2 aromatic rings. The molecule has 2 rings (SSSR count). The number of nitrogens with one attached hydrogen (secondary N) is 1. The highest BCUT2D eigenvalue weighted by Crippen LogP contribution is 2.04. The van der Waals surface area contributed by atoms with Gasteiger partial charge in [-0.2, -0.15) is 0 Å². The van der Waals surface area contributed by atoms with E-state index in [4.69, 9.17) is 5.73 Å².